The number of anilines is 1. The molecule has 1 aliphatic heterocycles. The van der Waals surface area contributed by atoms with Crippen LogP contribution in [0.2, 0.25) is 0 Å². The van der Waals surface area contributed by atoms with Crippen LogP contribution in [0, 0.1) is 6.92 Å². The maximum Gasteiger partial charge on any atom is 0.180 e. The fraction of sp³-hybridized carbons (Fsp3) is 0.250. The number of aromatic nitrogens is 1. The molecule has 0 spiro atoms. The van der Waals surface area contributed by atoms with Gasteiger partial charge in [0.2, 0.25) is 0 Å². The lowest BCUT2D eigenvalue weighted by atomic mass is 10.1. The molecule has 5 heteroatoms. The van der Waals surface area contributed by atoms with Crippen molar-refractivity contribution in [2.75, 3.05) is 18.9 Å². The summed E-state index contributed by atoms with van der Waals surface area (Å²) >= 11 is 1.44. The number of rotatable bonds is 1. The van der Waals surface area contributed by atoms with Crippen LogP contribution in [-0.2, 0) is 0 Å². The van der Waals surface area contributed by atoms with Crippen molar-refractivity contribution in [2.45, 2.75) is 6.92 Å². The molecule has 2 aromatic rings. The van der Waals surface area contributed by atoms with Crippen molar-refractivity contribution in [1.82, 2.24) is 4.98 Å². The Hall–Kier alpha value is -1.75. The molecule has 1 aromatic heterocycles. The van der Waals surface area contributed by atoms with Crippen LogP contribution in [0.15, 0.2) is 17.5 Å². The Morgan fingerprint density at radius 2 is 1.94 bits per heavy atom. The Labute approximate surface area is 103 Å². The third-order valence-electron chi connectivity index (χ3n) is 2.69. The molecule has 4 nitrogen and oxygen atoms in total. The van der Waals surface area contributed by atoms with Crippen LogP contribution >= 0.6 is 11.3 Å². The first-order chi connectivity index (χ1) is 8.24. The van der Waals surface area contributed by atoms with E-state index in [0.717, 1.165) is 28.3 Å². The third-order valence-corrected chi connectivity index (χ3v) is 3.36. The molecule has 0 fully saturated rings. The van der Waals surface area contributed by atoms with Gasteiger partial charge in [-0.1, -0.05) is 0 Å². The van der Waals surface area contributed by atoms with E-state index in [1.165, 1.54) is 11.3 Å². The van der Waals surface area contributed by atoms with Crippen LogP contribution in [0.1, 0.15) is 5.56 Å². The lowest BCUT2D eigenvalue weighted by Crippen LogP contribution is -2.15. The zero-order chi connectivity index (χ0) is 11.8. The van der Waals surface area contributed by atoms with E-state index in [1.54, 1.807) is 0 Å². The number of benzene rings is 1. The van der Waals surface area contributed by atoms with E-state index in [4.69, 9.17) is 15.2 Å². The van der Waals surface area contributed by atoms with Crippen LogP contribution in [0.5, 0.6) is 11.5 Å². The summed E-state index contributed by atoms with van der Waals surface area (Å²) in [6.07, 6.45) is 0. The standard InChI is InChI=1S/C12H12N2O2S/c1-7-4-10-11(16-3-2-15-10)5-8(7)9-6-17-12(13)14-9/h4-6H,2-3H2,1H3,(H2,13,14). The van der Waals surface area contributed by atoms with Gasteiger partial charge in [0, 0.05) is 10.9 Å². The van der Waals surface area contributed by atoms with Crippen molar-refractivity contribution < 1.29 is 9.47 Å². The molecule has 0 saturated heterocycles. The Balaban J connectivity index is 2.11. The highest BCUT2D eigenvalue weighted by molar-refractivity contribution is 7.13. The second-order valence-corrected chi connectivity index (χ2v) is 4.77. The minimum Gasteiger partial charge on any atom is -0.486 e. The number of nitrogens with two attached hydrogens (primary N) is 1. The van der Waals surface area contributed by atoms with E-state index in [2.05, 4.69) is 4.98 Å². The van der Waals surface area contributed by atoms with Crippen molar-refractivity contribution in [1.29, 1.82) is 0 Å². The smallest absolute Gasteiger partial charge is 0.180 e. The Bertz CT molecular complexity index is 566. The maximum atomic E-state index is 5.66. The summed E-state index contributed by atoms with van der Waals surface area (Å²) < 4.78 is 11.1. The molecule has 0 atom stereocenters. The second-order valence-electron chi connectivity index (χ2n) is 3.88. The summed E-state index contributed by atoms with van der Waals surface area (Å²) in [5, 5.41) is 2.53. The highest BCUT2D eigenvalue weighted by Crippen LogP contribution is 2.37. The molecule has 0 saturated carbocycles. The van der Waals surface area contributed by atoms with Crippen LogP contribution in [-0.4, -0.2) is 18.2 Å². The van der Waals surface area contributed by atoms with E-state index in [9.17, 15) is 0 Å². The molecule has 1 aliphatic rings. The lowest BCUT2D eigenvalue weighted by molar-refractivity contribution is 0.171. The highest BCUT2D eigenvalue weighted by Gasteiger charge is 2.16. The number of nitrogen functional groups attached to an aromatic ring is 1. The van der Waals surface area contributed by atoms with Gasteiger partial charge in [0.05, 0.1) is 5.69 Å². The molecule has 0 aliphatic carbocycles. The first kappa shape index (κ1) is 10.4. The monoisotopic (exact) mass is 248 g/mol. The van der Waals surface area contributed by atoms with Crippen molar-refractivity contribution in [3.63, 3.8) is 0 Å². The zero-order valence-corrected chi connectivity index (χ0v) is 10.2. The summed E-state index contributed by atoms with van der Waals surface area (Å²) in [4.78, 5) is 4.29. The molecular weight excluding hydrogens is 236 g/mol. The minimum absolute atomic E-state index is 0.578. The number of hydrogen-bond acceptors (Lipinski definition) is 5. The van der Waals surface area contributed by atoms with Crippen LogP contribution in [0.4, 0.5) is 5.13 Å². The molecule has 2 N–H and O–H groups in total. The van der Waals surface area contributed by atoms with Crippen LogP contribution in [0.3, 0.4) is 0 Å². The van der Waals surface area contributed by atoms with Gasteiger partial charge in [-0.05, 0) is 24.6 Å². The van der Waals surface area contributed by atoms with Gasteiger partial charge < -0.3 is 15.2 Å². The molecule has 0 radical (unpaired) electrons. The fourth-order valence-electron chi connectivity index (χ4n) is 1.88. The van der Waals surface area contributed by atoms with Crippen molar-refractivity contribution in [3.05, 3.63) is 23.1 Å². The molecule has 17 heavy (non-hydrogen) atoms. The maximum absolute atomic E-state index is 5.66. The minimum atomic E-state index is 0.578. The van der Waals surface area contributed by atoms with Gasteiger partial charge in [-0.15, -0.1) is 11.3 Å². The Kier molecular flexibility index (Phi) is 2.40. The van der Waals surface area contributed by atoms with Gasteiger partial charge in [-0.2, -0.15) is 0 Å². The molecule has 0 unspecified atom stereocenters. The molecule has 0 bridgehead atoms. The largest absolute Gasteiger partial charge is 0.486 e. The van der Waals surface area contributed by atoms with E-state index >= 15 is 0 Å². The van der Waals surface area contributed by atoms with Gasteiger partial charge in [0.25, 0.3) is 0 Å². The lowest BCUT2D eigenvalue weighted by Gasteiger charge is -2.19. The van der Waals surface area contributed by atoms with Crippen molar-refractivity contribution in [3.8, 4) is 22.8 Å². The van der Waals surface area contributed by atoms with Crippen molar-refractivity contribution >= 4 is 16.5 Å². The number of thiazole rings is 1. The average Bonchev–Trinajstić information content (AvgIpc) is 2.75. The normalized spacial score (nSPS) is 13.7. The Morgan fingerprint density at radius 1 is 1.24 bits per heavy atom. The number of fused-ring (bicyclic) bond motifs is 1. The Morgan fingerprint density at radius 3 is 2.59 bits per heavy atom. The quantitative estimate of drug-likeness (QED) is 0.842. The SMILES string of the molecule is Cc1cc2c(cc1-c1csc(N)n1)OCCO2. The summed E-state index contributed by atoms with van der Waals surface area (Å²) in [5.41, 5.74) is 8.70. The number of aryl methyl sites for hydroxylation is 1. The molecule has 1 aromatic carbocycles. The van der Waals surface area contributed by atoms with Gasteiger partial charge in [0.15, 0.2) is 16.6 Å². The first-order valence-electron chi connectivity index (χ1n) is 5.35. The van der Waals surface area contributed by atoms with Gasteiger partial charge >= 0.3 is 0 Å². The van der Waals surface area contributed by atoms with Crippen LogP contribution < -0.4 is 15.2 Å². The predicted molar refractivity (Wildman–Crippen MR) is 67.7 cm³/mol. The summed E-state index contributed by atoms with van der Waals surface area (Å²) in [6, 6.07) is 3.96. The molecular formula is C12H12N2O2S. The summed E-state index contributed by atoms with van der Waals surface area (Å²) in [7, 11) is 0. The molecule has 3 rings (SSSR count). The van der Waals surface area contributed by atoms with Crippen LogP contribution in [0.25, 0.3) is 11.3 Å². The van der Waals surface area contributed by atoms with E-state index in [0.29, 0.717) is 18.3 Å². The van der Waals surface area contributed by atoms with Gasteiger partial charge in [-0.3, -0.25) is 0 Å². The molecule has 0 amide bonds. The van der Waals surface area contributed by atoms with E-state index in [1.807, 2.05) is 24.4 Å². The molecule has 2 heterocycles. The van der Waals surface area contributed by atoms with E-state index < -0.39 is 0 Å². The topological polar surface area (TPSA) is 57.4 Å². The average molecular weight is 248 g/mol. The van der Waals surface area contributed by atoms with Gasteiger partial charge in [0.1, 0.15) is 13.2 Å². The predicted octanol–water partition coefficient (Wildman–Crippen LogP) is 2.47. The fourth-order valence-corrected chi connectivity index (χ4v) is 2.44. The van der Waals surface area contributed by atoms with E-state index in [-0.39, 0.29) is 0 Å². The highest BCUT2D eigenvalue weighted by atomic mass is 32.1. The number of nitrogens with zero attached hydrogens (tertiary/aromatic N) is 1. The number of ether oxygens (including phenoxy) is 2. The van der Waals surface area contributed by atoms with Gasteiger partial charge in [-0.25, -0.2) is 4.98 Å². The van der Waals surface area contributed by atoms with Crippen molar-refractivity contribution in [2.24, 2.45) is 0 Å². The third kappa shape index (κ3) is 1.82. The first-order valence-corrected chi connectivity index (χ1v) is 6.23. The summed E-state index contributed by atoms with van der Waals surface area (Å²) in [6.45, 7) is 3.23. The number of hydrogen-bond donors (Lipinski definition) is 1. The zero-order valence-electron chi connectivity index (χ0n) is 9.40. The summed E-state index contributed by atoms with van der Waals surface area (Å²) in [5.74, 6) is 1.59. The molecule has 88 valence electrons. The second kappa shape index (κ2) is 3.92.